The molecule has 0 aliphatic carbocycles. The molecule has 0 aromatic heterocycles. The van der Waals surface area contributed by atoms with Crippen molar-refractivity contribution in [1.29, 1.82) is 0 Å². The number of nitrogens with zero attached hydrogens (tertiary/aromatic N) is 1. The minimum atomic E-state index is -0.127. The Morgan fingerprint density at radius 1 is 1.15 bits per heavy atom. The first kappa shape index (κ1) is 18.8. The molecule has 2 aromatic carbocycles. The zero-order valence-electron chi connectivity index (χ0n) is 14.6. The van der Waals surface area contributed by atoms with Crippen molar-refractivity contribution < 1.29 is 14.3 Å². The lowest BCUT2D eigenvalue weighted by Crippen LogP contribution is -2.37. The number of carbonyl (C=O) groups excluding carboxylic acids is 1. The molecule has 7 heteroatoms. The average Bonchev–Trinajstić information content (AvgIpc) is 2.64. The van der Waals surface area contributed by atoms with Crippen molar-refractivity contribution in [2.45, 2.75) is 13.0 Å². The van der Waals surface area contributed by atoms with E-state index in [0.717, 1.165) is 24.3 Å². The highest BCUT2D eigenvalue weighted by molar-refractivity contribution is 6.44. The molecule has 0 bridgehead atoms. The Morgan fingerprint density at radius 2 is 1.85 bits per heavy atom. The summed E-state index contributed by atoms with van der Waals surface area (Å²) in [7, 11) is 3.25. The zero-order chi connectivity index (χ0) is 18.7. The summed E-state index contributed by atoms with van der Waals surface area (Å²) in [5, 5.41) is 3.59. The number of anilines is 1. The predicted molar refractivity (Wildman–Crippen MR) is 104 cm³/mol. The number of halogens is 2. The third-order valence-corrected chi connectivity index (χ3v) is 5.21. The topological polar surface area (TPSA) is 50.8 Å². The number of benzene rings is 2. The number of ether oxygens (including phenoxy) is 2. The van der Waals surface area contributed by atoms with Gasteiger partial charge in [0.1, 0.15) is 0 Å². The Labute approximate surface area is 162 Å². The first-order valence-electron chi connectivity index (χ1n) is 8.21. The normalized spacial score (nSPS) is 13.8. The molecule has 0 unspecified atom stereocenters. The fourth-order valence-electron chi connectivity index (χ4n) is 3.07. The van der Waals surface area contributed by atoms with Crippen LogP contribution in [0, 0.1) is 0 Å². The molecule has 138 valence electrons. The summed E-state index contributed by atoms with van der Waals surface area (Å²) in [6.07, 6.45) is 0.848. The fraction of sp³-hybridized carbons (Fsp3) is 0.316. The lowest BCUT2D eigenvalue weighted by Gasteiger charge is -2.29. The lowest BCUT2D eigenvalue weighted by molar-refractivity contribution is -0.117. The van der Waals surface area contributed by atoms with Gasteiger partial charge in [0.25, 0.3) is 0 Å². The fourth-order valence-corrected chi connectivity index (χ4v) is 3.42. The molecule has 1 aliphatic heterocycles. The second-order valence-electron chi connectivity index (χ2n) is 6.09. The number of carbonyl (C=O) groups is 1. The van der Waals surface area contributed by atoms with Crippen molar-refractivity contribution in [2.24, 2.45) is 0 Å². The summed E-state index contributed by atoms with van der Waals surface area (Å²) in [5.41, 5.74) is 2.88. The van der Waals surface area contributed by atoms with Crippen LogP contribution in [0.5, 0.6) is 11.5 Å². The van der Waals surface area contributed by atoms with E-state index in [9.17, 15) is 4.79 Å². The second-order valence-corrected chi connectivity index (χ2v) is 6.87. The number of rotatable bonds is 5. The minimum Gasteiger partial charge on any atom is -0.493 e. The van der Waals surface area contributed by atoms with Gasteiger partial charge in [-0.25, -0.2) is 0 Å². The van der Waals surface area contributed by atoms with Gasteiger partial charge < -0.3 is 14.8 Å². The van der Waals surface area contributed by atoms with E-state index < -0.39 is 0 Å². The number of fused-ring (bicyclic) bond motifs is 1. The van der Waals surface area contributed by atoms with Crippen molar-refractivity contribution in [3.8, 4) is 11.5 Å². The molecule has 1 amide bonds. The summed E-state index contributed by atoms with van der Waals surface area (Å²) in [6.45, 7) is 1.74. The summed E-state index contributed by atoms with van der Waals surface area (Å²) in [5.74, 6) is 1.30. The van der Waals surface area contributed by atoms with E-state index in [-0.39, 0.29) is 12.5 Å². The largest absolute Gasteiger partial charge is 0.493 e. The van der Waals surface area contributed by atoms with Crippen molar-refractivity contribution in [3.05, 3.63) is 51.5 Å². The third-order valence-electron chi connectivity index (χ3n) is 4.39. The molecule has 2 aromatic rings. The molecular weight excluding hydrogens is 375 g/mol. The lowest BCUT2D eigenvalue weighted by atomic mass is 9.99. The predicted octanol–water partition coefficient (Wildman–Crippen LogP) is 4.01. The van der Waals surface area contributed by atoms with Gasteiger partial charge in [-0.15, -0.1) is 0 Å². The smallest absolute Gasteiger partial charge is 0.238 e. The maximum Gasteiger partial charge on any atom is 0.238 e. The van der Waals surface area contributed by atoms with Gasteiger partial charge >= 0.3 is 0 Å². The first-order chi connectivity index (χ1) is 12.5. The molecule has 1 aliphatic rings. The minimum absolute atomic E-state index is 0.127. The van der Waals surface area contributed by atoms with Crippen molar-refractivity contribution in [3.63, 3.8) is 0 Å². The van der Waals surface area contributed by atoms with E-state index >= 15 is 0 Å². The van der Waals surface area contributed by atoms with Gasteiger partial charge in [0.15, 0.2) is 11.5 Å². The molecule has 3 rings (SSSR count). The molecule has 0 atom stereocenters. The molecule has 0 saturated heterocycles. The van der Waals surface area contributed by atoms with Gasteiger partial charge in [0, 0.05) is 13.1 Å². The van der Waals surface area contributed by atoms with Crippen LogP contribution in [0.2, 0.25) is 10.0 Å². The van der Waals surface area contributed by atoms with Gasteiger partial charge in [-0.3, -0.25) is 9.69 Å². The number of hydrogen-bond acceptors (Lipinski definition) is 4. The SMILES string of the molecule is COc1cc2c(cc1OC)CN(CC(=O)Nc1cccc(Cl)c1Cl)CC2. The Bertz CT molecular complexity index is 827. The summed E-state index contributed by atoms with van der Waals surface area (Å²) in [4.78, 5) is 14.5. The van der Waals surface area contributed by atoms with Gasteiger partial charge in [-0.1, -0.05) is 29.3 Å². The van der Waals surface area contributed by atoms with Gasteiger partial charge in [0.05, 0.1) is 36.5 Å². The molecular formula is C19H20Cl2N2O3. The second kappa shape index (κ2) is 8.16. The standard InChI is InChI=1S/C19H20Cl2N2O3/c1-25-16-8-12-6-7-23(10-13(12)9-17(16)26-2)11-18(24)22-15-5-3-4-14(20)19(15)21/h3-5,8-9H,6-7,10-11H2,1-2H3,(H,22,24). The first-order valence-corrected chi connectivity index (χ1v) is 8.97. The van der Waals surface area contributed by atoms with Crippen LogP contribution in [0.4, 0.5) is 5.69 Å². The van der Waals surface area contributed by atoms with Crippen LogP contribution in [-0.4, -0.2) is 38.1 Å². The highest BCUT2D eigenvalue weighted by Gasteiger charge is 2.21. The summed E-state index contributed by atoms with van der Waals surface area (Å²) < 4.78 is 10.7. The van der Waals surface area contributed by atoms with Crippen LogP contribution >= 0.6 is 23.2 Å². The molecule has 0 fully saturated rings. The Hall–Kier alpha value is -1.95. The highest BCUT2D eigenvalue weighted by atomic mass is 35.5. The molecule has 1 N–H and O–H groups in total. The monoisotopic (exact) mass is 394 g/mol. The zero-order valence-corrected chi connectivity index (χ0v) is 16.2. The molecule has 0 saturated carbocycles. The van der Waals surface area contributed by atoms with E-state index in [1.54, 1.807) is 32.4 Å². The van der Waals surface area contributed by atoms with Gasteiger partial charge in [0.2, 0.25) is 5.91 Å². The van der Waals surface area contributed by atoms with E-state index in [4.69, 9.17) is 32.7 Å². The average molecular weight is 395 g/mol. The van der Waals surface area contributed by atoms with Crippen molar-refractivity contribution in [2.75, 3.05) is 32.6 Å². The third kappa shape index (κ3) is 4.06. The highest BCUT2D eigenvalue weighted by Crippen LogP contribution is 2.33. The Kier molecular flexibility index (Phi) is 5.91. The molecule has 5 nitrogen and oxygen atoms in total. The molecule has 0 spiro atoms. The molecule has 26 heavy (non-hydrogen) atoms. The maximum absolute atomic E-state index is 12.4. The van der Waals surface area contributed by atoms with Crippen LogP contribution in [0.25, 0.3) is 0 Å². The van der Waals surface area contributed by atoms with Crippen molar-refractivity contribution in [1.82, 2.24) is 4.90 Å². The van der Waals surface area contributed by atoms with Gasteiger partial charge in [-0.2, -0.15) is 0 Å². The number of methoxy groups -OCH3 is 2. The van der Waals surface area contributed by atoms with Gasteiger partial charge in [-0.05, 0) is 41.8 Å². The number of amides is 1. The van der Waals surface area contributed by atoms with E-state index in [1.807, 2.05) is 12.1 Å². The Morgan fingerprint density at radius 3 is 2.54 bits per heavy atom. The van der Waals surface area contributed by atoms with Crippen LogP contribution < -0.4 is 14.8 Å². The van der Waals surface area contributed by atoms with Crippen LogP contribution in [0.15, 0.2) is 30.3 Å². The van der Waals surface area contributed by atoms with E-state index in [1.165, 1.54) is 5.56 Å². The van der Waals surface area contributed by atoms with E-state index in [0.29, 0.717) is 28.0 Å². The van der Waals surface area contributed by atoms with Crippen molar-refractivity contribution >= 4 is 34.8 Å². The Balaban J connectivity index is 1.67. The molecule has 0 radical (unpaired) electrons. The molecule has 1 heterocycles. The number of hydrogen-bond donors (Lipinski definition) is 1. The number of nitrogens with one attached hydrogen (secondary N) is 1. The summed E-state index contributed by atoms with van der Waals surface area (Å²) in [6, 6.07) is 9.15. The summed E-state index contributed by atoms with van der Waals surface area (Å²) >= 11 is 12.1. The van der Waals surface area contributed by atoms with Crippen LogP contribution in [0.1, 0.15) is 11.1 Å². The quantitative estimate of drug-likeness (QED) is 0.832. The van der Waals surface area contributed by atoms with Crippen LogP contribution in [-0.2, 0) is 17.8 Å². The van der Waals surface area contributed by atoms with E-state index in [2.05, 4.69) is 10.2 Å². The van der Waals surface area contributed by atoms with Crippen LogP contribution in [0.3, 0.4) is 0 Å². The maximum atomic E-state index is 12.4.